The molecule has 2 heterocycles. The van der Waals surface area contributed by atoms with Crippen LogP contribution >= 0.6 is 0 Å². The third kappa shape index (κ3) is 4.11. The number of methoxy groups -OCH3 is 1. The second kappa shape index (κ2) is 8.76. The highest BCUT2D eigenvalue weighted by atomic mass is 16.5. The number of hydrogen-bond donors (Lipinski definition) is 3. The smallest absolute Gasteiger partial charge is 0.253 e. The van der Waals surface area contributed by atoms with Crippen molar-refractivity contribution < 1.29 is 19.4 Å². The molecular weight excluding hydrogens is 400 g/mol. The molecule has 2 aliphatic rings. The van der Waals surface area contributed by atoms with E-state index in [9.17, 15) is 9.59 Å². The number of aliphatic hydroxyl groups is 1. The normalized spacial score (nSPS) is 16.3. The van der Waals surface area contributed by atoms with Crippen molar-refractivity contribution in [1.29, 1.82) is 0 Å². The number of amides is 2. The van der Waals surface area contributed by atoms with Gasteiger partial charge >= 0.3 is 0 Å². The molecule has 0 atom stereocenters. The van der Waals surface area contributed by atoms with Gasteiger partial charge in [0.15, 0.2) is 5.82 Å². The van der Waals surface area contributed by atoms with Crippen LogP contribution < -0.4 is 25.2 Å². The average molecular weight is 426 g/mol. The van der Waals surface area contributed by atoms with Crippen LogP contribution in [0.3, 0.4) is 0 Å². The van der Waals surface area contributed by atoms with E-state index < -0.39 is 12.6 Å². The summed E-state index contributed by atoms with van der Waals surface area (Å²) in [5.74, 6) is 1.17. The van der Waals surface area contributed by atoms with E-state index in [2.05, 4.69) is 20.5 Å². The number of likely N-dealkylation sites (N-methyl/N-ethyl adjacent to an activating group) is 1. The number of ether oxygens (including phenoxy) is 1. The Bertz CT molecular complexity index is 992. The molecule has 1 aromatic heterocycles. The van der Waals surface area contributed by atoms with Crippen LogP contribution in [0.25, 0.3) is 0 Å². The van der Waals surface area contributed by atoms with Crippen molar-refractivity contribution in [2.24, 2.45) is 0 Å². The molecule has 3 N–H and O–H groups in total. The Morgan fingerprint density at radius 3 is 2.81 bits per heavy atom. The first kappa shape index (κ1) is 20.9. The predicted octanol–water partition coefficient (Wildman–Crippen LogP) is 1.63. The third-order valence-electron chi connectivity index (χ3n) is 5.78. The van der Waals surface area contributed by atoms with Gasteiger partial charge in [-0.3, -0.25) is 9.59 Å². The SMILES string of the molecule is COc1cc(C(=O)NCO)ccc1Nc1ncc2c(n1)N(C1CCCC1)CC(=O)N2C. The van der Waals surface area contributed by atoms with Gasteiger partial charge in [-0.05, 0) is 31.0 Å². The monoisotopic (exact) mass is 426 g/mol. The van der Waals surface area contributed by atoms with E-state index >= 15 is 0 Å². The topological polar surface area (TPSA) is 120 Å². The van der Waals surface area contributed by atoms with Gasteiger partial charge in [0.1, 0.15) is 18.2 Å². The minimum atomic E-state index is -0.446. The lowest BCUT2D eigenvalue weighted by atomic mass is 10.1. The van der Waals surface area contributed by atoms with Gasteiger partial charge in [0, 0.05) is 18.7 Å². The molecule has 1 aliphatic heterocycles. The van der Waals surface area contributed by atoms with Crippen molar-refractivity contribution in [3.05, 3.63) is 30.0 Å². The summed E-state index contributed by atoms with van der Waals surface area (Å²) in [6.45, 7) is -0.138. The summed E-state index contributed by atoms with van der Waals surface area (Å²) in [6, 6.07) is 5.19. The summed E-state index contributed by atoms with van der Waals surface area (Å²) in [5, 5.41) is 14.4. The summed E-state index contributed by atoms with van der Waals surface area (Å²) < 4.78 is 5.41. The van der Waals surface area contributed by atoms with Crippen LogP contribution in [0.2, 0.25) is 0 Å². The number of fused-ring (bicyclic) bond motifs is 1. The van der Waals surface area contributed by atoms with Crippen molar-refractivity contribution >= 4 is 35.0 Å². The van der Waals surface area contributed by atoms with E-state index in [1.54, 1.807) is 36.3 Å². The Labute approximate surface area is 180 Å². The Balaban J connectivity index is 1.63. The van der Waals surface area contributed by atoms with E-state index in [4.69, 9.17) is 14.8 Å². The number of carbonyl (C=O) groups is 2. The van der Waals surface area contributed by atoms with Crippen LogP contribution in [-0.4, -0.2) is 60.4 Å². The maximum absolute atomic E-state index is 12.5. The highest BCUT2D eigenvalue weighted by molar-refractivity contribution is 6.02. The van der Waals surface area contributed by atoms with Crippen molar-refractivity contribution in [3.63, 3.8) is 0 Å². The second-order valence-corrected chi connectivity index (χ2v) is 7.63. The summed E-state index contributed by atoms with van der Waals surface area (Å²) in [6.07, 6.45) is 6.07. The van der Waals surface area contributed by atoms with Crippen LogP contribution in [0, 0.1) is 0 Å². The summed E-state index contributed by atoms with van der Waals surface area (Å²) in [4.78, 5) is 37.2. The Morgan fingerprint density at radius 2 is 2.10 bits per heavy atom. The van der Waals surface area contributed by atoms with Crippen LogP contribution in [0.5, 0.6) is 5.75 Å². The Hall–Kier alpha value is -3.40. The van der Waals surface area contributed by atoms with E-state index in [0.29, 0.717) is 41.2 Å². The van der Waals surface area contributed by atoms with Gasteiger partial charge in [-0.15, -0.1) is 0 Å². The minimum Gasteiger partial charge on any atom is -0.495 e. The fourth-order valence-electron chi connectivity index (χ4n) is 4.08. The van der Waals surface area contributed by atoms with Crippen LogP contribution in [0.4, 0.5) is 23.1 Å². The summed E-state index contributed by atoms with van der Waals surface area (Å²) >= 11 is 0. The number of nitrogens with zero attached hydrogens (tertiary/aromatic N) is 4. The number of nitrogens with one attached hydrogen (secondary N) is 2. The second-order valence-electron chi connectivity index (χ2n) is 7.63. The number of anilines is 4. The molecule has 1 aliphatic carbocycles. The third-order valence-corrected chi connectivity index (χ3v) is 5.78. The molecule has 0 spiro atoms. The van der Waals surface area contributed by atoms with Gasteiger partial charge in [0.25, 0.3) is 5.91 Å². The van der Waals surface area contributed by atoms with Crippen LogP contribution in [0.15, 0.2) is 24.4 Å². The van der Waals surface area contributed by atoms with E-state index in [0.717, 1.165) is 31.5 Å². The van der Waals surface area contributed by atoms with Gasteiger partial charge < -0.3 is 30.3 Å². The molecule has 1 aromatic carbocycles. The van der Waals surface area contributed by atoms with Gasteiger partial charge in [0.2, 0.25) is 11.9 Å². The molecule has 0 unspecified atom stereocenters. The first-order valence-electron chi connectivity index (χ1n) is 10.3. The summed E-state index contributed by atoms with van der Waals surface area (Å²) in [7, 11) is 3.24. The van der Waals surface area contributed by atoms with E-state index in [-0.39, 0.29) is 5.91 Å². The average Bonchev–Trinajstić information content (AvgIpc) is 3.31. The van der Waals surface area contributed by atoms with Gasteiger partial charge in [-0.1, -0.05) is 12.8 Å². The van der Waals surface area contributed by atoms with E-state index in [1.807, 2.05) is 0 Å². The Kier molecular flexibility index (Phi) is 5.90. The van der Waals surface area contributed by atoms with Crippen molar-refractivity contribution in [1.82, 2.24) is 15.3 Å². The molecule has 0 radical (unpaired) electrons. The van der Waals surface area contributed by atoms with Gasteiger partial charge in [0.05, 0.1) is 25.5 Å². The quantitative estimate of drug-likeness (QED) is 0.596. The van der Waals surface area contributed by atoms with Crippen molar-refractivity contribution in [2.45, 2.75) is 31.7 Å². The molecule has 2 amide bonds. The molecule has 31 heavy (non-hydrogen) atoms. The first-order valence-corrected chi connectivity index (χ1v) is 10.3. The van der Waals surface area contributed by atoms with Crippen LogP contribution in [0.1, 0.15) is 36.0 Å². The van der Waals surface area contributed by atoms with Gasteiger partial charge in [-0.25, -0.2) is 4.98 Å². The standard InChI is InChI=1S/C21H26N6O4/c1-26-16-10-22-21(25-19(16)27(11-18(26)29)14-5-3-4-6-14)24-15-8-7-13(9-17(15)31-2)20(30)23-12-28/h7-10,14,28H,3-6,11-12H2,1-2H3,(H,23,30)(H,22,24,25). The molecule has 1 fully saturated rings. The lowest BCUT2D eigenvalue weighted by Crippen LogP contribution is -2.48. The van der Waals surface area contributed by atoms with Crippen molar-refractivity contribution in [2.75, 3.05) is 42.5 Å². The number of aliphatic hydroxyl groups excluding tert-OH is 1. The van der Waals surface area contributed by atoms with Gasteiger partial charge in [-0.2, -0.15) is 4.98 Å². The number of carbonyl (C=O) groups excluding carboxylic acids is 2. The first-order chi connectivity index (χ1) is 15.0. The predicted molar refractivity (Wildman–Crippen MR) is 116 cm³/mol. The number of aromatic nitrogens is 2. The largest absolute Gasteiger partial charge is 0.495 e. The number of rotatable bonds is 6. The summed E-state index contributed by atoms with van der Waals surface area (Å²) in [5.41, 5.74) is 1.64. The molecule has 0 saturated heterocycles. The molecule has 10 nitrogen and oxygen atoms in total. The maximum atomic E-state index is 12.5. The highest BCUT2D eigenvalue weighted by Gasteiger charge is 2.34. The number of hydrogen-bond acceptors (Lipinski definition) is 8. The van der Waals surface area contributed by atoms with Crippen LogP contribution in [-0.2, 0) is 4.79 Å². The molecule has 0 bridgehead atoms. The zero-order chi connectivity index (χ0) is 22.0. The molecular formula is C21H26N6O4. The molecule has 1 saturated carbocycles. The molecule has 10 heteroatoms. The number of benzene rings is 1. The fraction of sp³-hybridized carbons (Fsp3) is 0.429. The maximum Gasteiger partial charge on any atom is 0.253 e. The molecule has 2 aromatic rings. The van der Waals surface area contributed by atoms with Crippen molar-refractivity contribution in [3.8, 4) is 5.75 Å². The molecule has 164 valence electrons. The molecule has 4 rings (SSSR count). The minimum absolute atomic E-state index is 0.0297. The fourth-order valence-corrected chi connectivity index (χ4v) is 4.08. The highest BCUT2D eigenvalue weighted by Crippen LogP contribution is 2.37. The Morgan fingerprint density at radius 1 is 1.32 bits per heavy atom. The zero-order valence-corrected chi connectivity index (χ0v) is 17.6. The zero-order valence-electron chi connectivity index (χ0n) is 17.6. The van der Waals surface area contributed by atoms with E-state index in [1.165, 1.54) is 7.11 Å². The lowest BCUT2D eigenvalue weighted by Gasteiger charge is -2.37. The lowest BCUT2D eigenvalue weighted by molar-refractivity contribution is -0.117.